The number of hydrogen-bond donors (Lipinski definition) is 1. The van der Waals surface area contributed by atoms with Gasteiger partial charge in [-0.2, -0.15) is 0 Å². The fourth-order valence-corrected chi connectivity index (χ4v) is 3.15. The first-order chi connectivity index (χ1) is 9.10. The lowest BCUT2D eigenvalue weighted by Gasteiger charge is -2.19. The second-order valence-corrected chi connectivity index (χ2v) is 6.80. The van der Waals surface area contributed by atoms with Crippen molar-refractivity contribution < 1.29 is 0 Å². The molecule has 0 spiro atoms. The second-order valence-electron chi connectivity index (χ2n) is 4.70. The number of benzene rings is 2. The highest BCUT2D eigenvalue weighted by atomic mass is 127. The topological polar surface area (TPSA) is 12.0 Å². The van der Waals surface area contributed by atoms with Crippen LogP contribution in [-0.2, 0) is 6.42 Å². The molecule has 1 unspecified atom stereocenters. The zero-order chi connectivity index (χ0) is 13.8. The van der Waals surface area contributed by atoms with Crippen molar-refractivity contribution in [1.82, 2.24) is 5.32 Å². The number of likely N-dealkylation sites (N-methyl/N-ethyl adjacent to an activating group) is 1. The Balaban J connectivity index is 2.24. The van der Waals surface area contributed by atoms with Crippen molar-refractivity contribution >= 4 is 38.5 Å². The van der Waals surface area contributed by atoms with Crippen LogP contribution in [0.4, 0.5) is 0 Å². The summed E-state index contributed by atoms with van der Waals surface area (Å²) in [5, 5.41) is 3.42. The van der Waals surface area contributed by atoms with Gasteiger partial charge in [0.05, 0.1) is 0 Å². The van der Waals surface area contributed by atoms with E-state index in [1.54, 1.807) is 0 Å². The first kappa shape index (κ1) is 15.0. The maximum atomic E-state index is 3.65. The fraction of sp³-hybridized carbons (Fsp3) is 0.250. The molecule has 0 saturated heterocycles. The molecule has 2 rings (SSSR count). The molecule has 0 aliphatic carbocycles. The van der Waals surface area contributed by atoms with Gasteiger partial charge in [0, 0.05) is 14.1 Å². The zero-order valence-electron chi connectivity index (χ0n) is 11.1. The number of aryl methyl sites for hydroxylation is 1. The van der Waals surface area contributed by atoms with Crippen LogP contribution in [0.3, 0.4) is 0 Å². The Labute approximate surface area is 137 Å². The third-order valence-corrected chi connectivity index (χ3v) is 4.64. The quantitative estimate of drug-likeness (QED) is 0.684. The third kappa shape index (κ3) is 4.04. The van der Waals surface area contributed by atoms with Gasteiger partial charge in [0.15, 0.2) is 0 Å². The molecular formula is C16H17BrIN. The van der Waals surface area contributed by atoms with Crippen LogP contribution < -0.4 is 5.32 Å². The Morgan fingerprint density at radius 2 is 1.84 bits per heavy atom. The summed E-state index contributed by atoms with van der Waals surface area (Å²) in [6, 6.07) is 15.6. The number of hydrogen-bond acceptors (Lipinski definition) is 1. The Morgan fingerprint density at radius 1 is 1.16 bits per heavy atom. The normalized spacial score (nSPS) is 12.4. The van der Waals surface area contributed by atoms with Crippen LogP contribution in [0.2, 0.25) is 0 Å². The summed E-state index contributed by atoms with van der Waals surface area (Å²) >= 11 is 6.01. The smallest absolute Gasteiger partial charge is 0.0370 e. The molecule has 1 atom stereocenters. The molecule has 0 aliphatic rings. The summed E-state index contributed by atoms with van der Waals surface area (Å²) in [7, 11) is 2.02. The molecule has 2 aromatic rings. The van der Waals surface area contributed by atoms with Crippen LogP contribution in [0, 0.1) is 10.5 Å². The van der Waals surface area contributed by atoms with E-state index < -0.39 is 0 Å². The van der Waals surface area contributed by atoms with Crippen LogP contribution >= 0.6 is 38.5 Å². The Kier molecular flexibility index (Phi) is 5.42. The summed E-state index contributed by atoms with van der Waals surface area (Å²) in [5.41, 5.74) is 3.98. The SMILES string of the molecule is CNC(Cc1ccc(C)cc1)c1cc(I)ccc1Br. The van der Waals surface area contributed by atoms with E-state index >= 15 is 0 Å². The van der Waals surface area contributed by atoms with Gasteiger partial charge in [-0.15, -0.1) is 0 Å². The molecule has 2 aromatic carbocycles. The molecular weight excluding hydrogens is 413 g/mol. The van der Waals surface area contributed by atoms with Gasteiger partial charge in [-0.3, -0.25) is 0 Å². The minimum atomic E-state index is 0.326. The van der Waals surface area contributed by atoms with Crippen molar-refractivity contribution in [2.24, 2.45) is 0 Å². The minimum Gasteiger partial charge on any atom is -0.313 e. The first-order valence-corrected chi connectivity index (χ1v) is 8.15. The van der Waals surface area contributed by atoms with E-state index in [1.165, 1.54) is 24.7 Å². The first-order valence-electron chi connectivity index (χ1n) is 6.28. The molecule has 0 amide bonds. The van der Waals surface area contributed by atoms with E-state index in [9.17, 15) is 0 Å². The van der Waals surface area contributed by atoms with Gasteiger partial charge in [-0.25, -0.2) is 0 Å². The summed E-state index contributed by atoms with van der Waals surface area (Å²) in [4.78, 5) is 0. The van der Waals surface area contributed by atoms with Crippen LogP contribution in [0.5, 0.6) is 0 Å². The van der Waals surface area contributed by atoms with E-state index in [2.05, 4.69) is 93.2 Å². The monoisotopic (exact) mass is 429 g/mol. The average molecular weight is 430 g/mol. The highest BCUT2D eigenvalue weighted by Crippen LogP contribution is 2.27. The molecule has 1 N–H and O–H groups in total. The van der Waals surface area contributed by atoms with Gasteiger partial charge in [0.1, 0.15) is 0 Å². The van der Waals surface area contributed by atoms with Crippen LogP contribution in [0.15, 0.2) is 46.9 Å². The van der Waals surface area contributed by atoms with Gasteiger partial charge in [-0.05, 0) is 72.3 Å². The van der Waals surface area contributed by atoms with E-state index in [4.69, 9.17) is 0 Å². The molecule has 0 fully saturated rings. The molecule has 0 aromatic heterocycles. The number of halogens is 2. The second kappa shape index (κ2) is 6.86. The lowest BCUT2D eigenvalue weighted by atomic mass is 9.98. The van der Waals surface area contributed by atoms with Crippen molar-refractivity contribution in [3.8, 4) is 0 Å². The molecule has 0 heterocycles. The van der Waals surface area contributed by atoms with E-state index in [-0.39, 0.29) is 0 Å². The summed E-state index contributed by atoms with van der Waals surface area (Å²) in [6.07, 6.45) is 0.996. The summed E-state index contributed by atoms with van der Waals surface area (Å²) < 4.78 is 2.43. The fourth-order valence-electron chi connectivity index (χ4n) is 2.11. The Bertz CT molecular complexity index is 551. The number of rotatable bonds is 4. The van der Waals surface area contributed by atoms with E-state index in [1.807, 2.05) is 7.05 Å². The standard InChI is InChI=1S/C16H17BrIN/c1-11-3-5-12(6-4-11)9-16(19-2)14-10-13(18)7-8-15(14)17/h3-8,10,16,19H,9H2,1-2H3. The Morgan fingerprint density at radius 3 is 2.47 bits per heavy atom. The van der Waals surface area contributed by atoms with E-state index in [0.717, 1.165) is 6.42 Å². The average Bonchev–Trinajstić information content (AvgIpc) is 2.41. The predicted octanol–water partition coefficient (Wildman–Crippen LogP) is 4.87. The number of nitrogens with one attached hydrogen (secondary N) is 1. The van der Waals surface area contributed by atoms with Crippen LogP contribution in [0.25, 0.3) is 0 Å². The van der Waals surface area contributed by atoms with Crippen LogP contribution in [-0.4, -0.2) is 7.05 Å². The largest absolute Gasteiger partial charge is 0.313 e. The van der Waals surface area contributed by atoms with Crippen molar-refractivity contribution in [1.29, 1.82) is 0 Å². The lowest BCUT2D eigenvalue weighted by molar-refractivity contribution is 0.589. The van der Waals surface area contributed by atoms with Crippen molar-refractivity contribution in [3.63, 3.8) is 0 Å². The molecule has 0 bridgehead atoms. The predicted molar refractivity (Wildman–Crippen MR) is 93.5 cm³/mol. The van der Waals surface area contributed by atoms with Gasteiger partial charge in [-0.1, -0.05) is 45.8 Å². The van der Waals surface area contributed by atoms with Gasteiger partial charge in [0.2, 0.25) is 0 Å². The summed E-state index contributed by atoms with van der Waals surface area (Å²) in [6.45, 7) is 2.12. The van der Waals surface area contributed by atoms with E-state index in [0.29, 0.717) is 6.04 Å². The van der Waals surface area contributed by atoms with Crippen molar-refractivity contribution in [2.45, 2.75) is 19.4 Å². The highest BCUT2D eigenvalue weighted by Gasteiger charge is 2.13. The van der Waals surface area contributed by atoms with Crippen molar-refractivity contribution in [3.05, 3.63) is 67.2 Å². The summed E-state index contributed by atoms with van der Waals surface area (Å²) in [5.74, 6) is 0. The maximum absolute atomic E-state index is 3.65. The van der Waals surface area contributed by atoms with Crippen LogP contribution in [0.1, 0.15) is 22.7 Å². The molecule has 0 saturated carbocycles. The molecule has 0 aliphatic heterocycles. The molecule has 19 heavy (non-hydrogen) atoms. The molecule has 0 radical (unpaired) electrons. The lowest BCUT2D eigenvalue weighted by Crippen LogP contribution is -2.19. The van der Waals surface area contributed by atoms with Gasteiger partial charge < -0.3 is 5.32 Å². The minimum absolute atomic E-state index is 0.326. The Hall–Kier alpha value is -0.390. The van der Waals surface area contributed by atoms with Crippen molar-refractivity contribution in [2.75, 3.05) is 7.05 Å². The third-order valence-electron chi connectivity index (χ3n) is 3.24. The highest BCUT2D eigenvalue weighted by molar-refractivity contribution is 14.1. The van der Waals surface area contributed by atoms with Gasteiger partial charge in [0.25, 0.3) is 0 Å². The maximum Gasteiger partial charge on any atom is 0.0370 e. The van der Waals surface area contributed by atoms with Gasteiger partial charge >= 0.3 is 0 Å². The molecule has 3 heteroatoms. The zero-order valence-corrected chi connectivity index (χ0v) is 14.8. The molecule has 100 valence electrons. The molecule has 1 nitrogen and oxygen atoms in total.